The zero-order valence-corrected chi connectivity index (χ0v) is 7.58. The first kappa shape index (κ1) is 9.95. The lowest BCUT2D eigenvalue weighted by atomic mass is 10.2. The number of rotatable bonds is 3. The van der Waals surface area contributed by atoms with Crippen LogP contribution in [0.25, 0.3) is 0 Å². The van der Waals surface area contributed by atoms with Crippen LogP contribution in [0, 0.1) is 5.82 Å². The first-order valence-corrected chi connectivity index (χ1v) is 3.79. The minimum Gasteiger partial charge on any atom is -0.396 e. The van der Waals surface area contributed by atoms with Gasteiger partial charge in [-0.2, -0.15) is 0 Å². The third kappa shape index (κ3) is 2.17. The molecule has 4 heteroatoms. The second-order valence-electron chi connectivity index (χ2n) is 2.58. The van der Waals surface area contributed by atoms with Crippen LogP contribution in [0.5, 0.6) is 0 Å². The van der Waals surface area contributed by atoms with Crippen molar-refractivity contribution in [2.24, 2.45) is 0 Å². The molecule has 0 saturated carbocycles. The van der Waals surface area contributed by atoms with E-state index in [9.17, 15) is 4.39 Å². The predicted molar refractivity (Wildman–Crippen MR) is 47.6 cm³/mol. The third-order valence-corrected chi connectivity index (χ3v) is 1.72. The highest BCUT2D eigenvalue weighted by atomic mass is 19.1. The van der Waals surface area contributed by atoms with E-state index in [0.29, 0.717) is 5.56 Å². The number of halogens is 1. The molecule has 1 rings (SSSR count). The standard InChI is InChI=1S/C9H12FNO2/c1-12-9(13-2)6-3-4-8(11)7(10)5-6/h3-5,9H,11H2,1-2H3. The Morgan fingerprint density at radius 2 is 1.92 bits per heavy atom. The van der Waals surface area contributed by atoms with Gasteiger partial charge in [-0.15, -0.1) is 0 Å². The van der Waals surface area contributed by atoms with E-state index in [4.69, 9.17) is 15.2 Å². The molecule has 0 heterocycles. The van der Waals surface area contributed by atoms with Gasteiger partial charge in [0.1, 0.15) is 5.82 Å². The molecule has 0 fully saturated rings. The topological polar surface area (TPSA) is 44.5 Å². The first-order chi connectivity index (χ1) is 6.19. The third-order valence-electron chi connectivity index (χ3n) is 1.72. The molecule has 2 N–H and O–H groups in total. The number of methoxy groups -OCH3 is 2. The van der Waals surface area contributed by atoms with E-state index in [1.807, 2.05) is 0 Å². The summed E-state index contributed by atoms with van der Waals surface area (Å²) in [5.74, 6) is -0.461. The van der Waals surface area contributed by atoms with Gasteiger partial charge in [-0.25, -0.2) is 4.39 Å². The second-order valence-corrected chi connectivity index (χ2v) is 2.58. The fraction of sp³-hybridized carbons (Fsp3) is 0.333. The predicted octanol–water partition coefficient (Wildman–Crippen LogP) is 1.70. The highest BCUT2D eigenvalue weighted by Gasteiger charge is 2.10. The van der Waals surface area contributed by atoms with E-state index in [1.165, 1.54) is 26.4 Å². The van der Waals surface area contributed by atoms with Gasteiger partial charge in [0, 0.05) is 19.8 Å². The molecule has 0 aliphatic heterocycles. The van der Waals surface area contributed by atoms with Crippen molar-refractivity contribution in [3.63, 3.8) is 0 Å². The summed E-state index contributed by atoms with van der Waals surface area (Å²) in [5, 5.41) is 0. The van der Waals surface area contributed by atoms with E-state index in [1.54, 1.807) is 6.07 Å². The maximum absolute atomic E-state index is 13.0. The van der Waals surface area contributed by atoms with Gasteiger partial charge in [-0.05, 0) is 12.1 Å². The zero-order valence-electron chi connectivity index (χ0n) is 7.58. The second kappa shape index (κ2) is 4.20. The van der Waals surface area contributed by atoms with Crippen LogP contribution in [0.15, 0.2) is 18.2 Å². The van der Waals surface area contributed by atoms with Crippen molar-refractivity contribution in [3.05, 3.63) is 29.6 Å². The van der Waals surface area contributed by atoms with Crippen LogP contribution in [-0.4, -0.2) is 14.2 Å². The van der Waals surface area contributed by atoms with Gasteiger partial charge in [0.05, 0.1) is 5.69 Å². The molecule has 13 heavy (non-hydrogen) atoms. The Morgan fingerprint density at radius 3 is 2.38 bits per heavy atom. The van der Waals surface area contributed by atoms with Crippen LogP contribution < -0.4 is 5.73 Å². The van der Waals surface area contributed by atoms with Gasteiger partial charge >= 0.3 is 0 Å². The molecule has 0 atom stereocenters. The summed E-state index contributed by atoms with van der Waals surface area (Å²) in [7, 11) is 2.98. The lowest BCUT2D eigenvalue weighted by molar-refractivity contribution is -0.106. The number of nitrogen functional groups attached to an aromatic ring is 1. The highest BCUT2D eigenvalue weighted by Crippen LogP contribution is 2.20. The molecule has 0 aliphatic carbocycles. The fourth-order valence-corrected chi connectivity index (χ4v) is 1.06. The molecule has 0 amide bonds. The van der Waals surface area contributed by atoms with Gasteiger partial charge in [0.15, 0.2) is 6.29 Å². The minimum atomic E-state index is -0.546. The van der Waals surface area contributed by atoms with Crippen LogP contribution in [0.4, 0.5) is 10.1 Å². The Labute approximate surface area is 76.3 Å². The van der Waals surface area contributed by atoms with Crippen molar-refractivity contribution in [1.82, 2.24) is 0 Å². The number of ether oxygens (including phenoxy) is 2. The molecule has 0 bridgehead atoms. The van der Waals surface area contributed by atoms with Crippen molar-refractivity contribution >= 4 is 5.69 Å². The molecule has 0 saturated heterocycles. The molecular formula is C9H12FNO2. The van der Waals surface area contributed by atoms with Crippen LogP contribution in [0.2, 0.25) is 0 Å². The summed E-state index contributed by atoms with van der Waals surface area (Å²) in [5.41, 5.74) is 6.04. The Kier molecular flexibility index (Phi) is 3.22. The summed E-state index contributed by atoms with van der Waals surface area (Å²) < 4.78 is 22.9. The molecule has 0 aliphatic rings. The Bertz CT molecular complexity index is 287. The molecule has 0 aromatic heterocycles. The molecule has 0 spiro atoms. The molecule has 1 aromatic carbocycles. The Balaban J connectivity index is 2.95. The van der Waals surface area contributed by atoms with E-state index < -0.39 is 12.1 Å². The number of benzene rings is 1. The molecule has 72 valence electrons. The van der Waals surface area contributed by atoms with Crippen molar-refractivity contribution < 1.29 is 13.9 Å². The zero-order chi connectivity index (χ0) is 9.84. The van der Waals surface area contributed by atoms with Crippen LogP contribution in [0.3, 0.4) is 0 Å². The smallest absolute Gasteiger partial charge is 0.183 e. The molecule has 1 aromatic rings. The van der Waals surface area contributed by atoms with Gasteiger partial charge < -0.3 is 15.2 Å². The molecular weight excluding hydrogens is 173 g/mol. The van der Waals surface area contributed by atoms with E-state index >= 15 is 0 Å². The Hall–Kier alpha value is -1.13. The lowest BCUT2D eigenvalue weighted by Gasteiger charge is -2.13. The van der Waals surface area contributed by atoms with E-state index in [2.05, 4.69) is 0 Å². The SMILES string of the molecule is COC(OC)c1ccc(N)c(F)c1. The van der Waals surface area contributed by atoms with Crippen molar-refractivity contribution in [2.45, 2.75) is 6.29 Å². The summed E-state index contributed by atoms with van der Waals surface area (Å²) >= 11 is 0. The van der Waals surface area contributed by atoms with Crippen LogP contribution in [0.1, 0.15) is 11.9 Å². The summed E-state index contributed by atoms with van der Waals surface area (Å²) in [4.78, 5) is 0. The van der Waals surface area contributed by atoms with Crippen molar-refractivity contribution in [1.29, 1.82) is 0 Å². The molecule has 0 radical (unpaired) electrons. The fourth-order valence-electron chi connectivity index (χ4n) is 1.06. The number of nitrogens with two attached hydrogens (primary N) is 1. The Morgan fingerprint density at radius 1 is 1.31 bits per heavy atom. The number of hydrogen-bond donors (Lipinski definition) is 1. The number of hydrogen-bond acceptors (Lipinski definition) is 3. The maximum atomic E-state index is 13.0. The average molecular weight is 185 g/mol. The normalized spacial score (nSPS) is 10.8. The highest BCUT2D eigenvalue weighted by molar-refractivity contribution is 5.41. The lowest BCUT2D eigenvalue weighted by Crippen LogP contribution is -2.04. The van der Waals surface area contributed by atoms with E-state index in [-0.39, 0.29) is 5.69 Å². The summed E-state index contributed by atoms with van der Waals surface area (Å²) in [6, 6.07) is 4.44. The largest absolute Gasteiger partial charge is 0.396 e. The van der Waals surface area contributed by atoms with Gasteiger partial charge in [-0.3, -0.25) is 0 Å². The number of anilines is 1. The average Bonchev–Trinajstić information content (AvgIpc) is 2.13. The summed E-state index contributed by atoms with van der Waals surface area (Å²) in [6.45, 7) is 0. The van der Waals surface area contributed by atoms with Crippen molar-refractivity contribution in [3.8, 4) is 0 Å². The van der Waals surface area contributed by atoms with Gasteiger partial charge in [0.25, 0.3) is 0 Å². The quantitative estimate of drug-likeness (QED) is 0.575. The van der Waals surface area contributed by atoms with E-state index in [0.717, 1.165) is 0 Å². The van der Waals surface area contributed by atoms with Gasteiger partial charge in [-0.1, -0.05) is 6.07 Å². The first-order valence-electron chi connectivity index (χ1n) is 3.79. The van der Waals surface area contributed by atoms with Crippen LogP contribution >= 0.6 is 0 Å². The van der Waals surface area contributed by atoms with Gasteiger partial charge in [0.2, 0.25) is 0 Å². The van der Waals surface area contributed by atoms with Crippen molar-refractivity contribution in [2.75, 3.05) is 20.0 Å². The minimum absolute atomic E-state index is 0.120. The van der Waals surface area contributed by atoms with Crippen LogP contribution in [-0.2, 0) is 9.47 Å². The summed E-state index contributed by atoms with van der Waals surface area (Å²) in [6.07, 6.45) is -0.546. The molecule has 3 nitrogen and oxygen atoms in total. The molecule has 0 unspecified atom stereocenters. The monoisotopic (exact) mass is 185 g/mol. The maximum Gasteiger partial charge on any atom is 0.183 e.